The first-order chi connectivity index (χ1) is 7.56. The second-order valence-corrected chi connectivity index (χ2v) is 4.44. The molecular formula is C13H20FNO. The van der Waals surface area contributed by atoms with Crippen LogP contribution in [0.25, 0.3) is 0 Å². The van der Waals surface area contributed by atoms with Crippen molar-refractivity contribution in [2.45, 2.75) is 32.9 Å². The molecule has 0 aliphatic rings. The molecule has 0 aromatic heterocycles. The van der Waals surface area contributed by atoms with E-state index in [0.29, 0.717) is 11.5 Å². The summed E-state index contributed by atoms with van der Waals surface area (Å²) in [5.41, 5.74) is 0.640. The van der Waals surface area contributed by atoms with Gasteiger partial charge in [-0.1, -0.05) is 32.0 Å². The van der Waals surface area contributed by atoms with Crippen LogP contribution < -0.4 is 5.32 Å². The summed E-state index contributed by atoms with van der Waals surface area (Å²) >= 11 is 0. The molecule has 0 fully saturated rings. The third-order valence-electron chi connectivity index (χ3n) is 2.84. The van der Waals surface area contributed by atoms with Gasteiger partial charge in [0.25, 0.3) is 0 Å². The molecule has 90 valence electrons. The Bertz CT molecular complexity index is 327. The number of rotatable bonds is 5. The summed E-state index contributed by atoms with van der Waals surface area (Å²) in [6.07, 6.45) is 0. The lowest BCUT2D eigenvalue weighted by Gasteiger charge is -2.25. The third-order valence-corrected chi connectivity index (χ3v) is 2.84. The summed E-state index contributed by atoms with van der Waals surface area (Å²) in [7, 11) is 0. The zero-order chi connectivity index (χ0) is 12.1. The van der Waals surface area contributed by atoms with E-state index < -0.39 is 0 Å². The number of hydrogen-bond acceptors (Lipinski definition) is 2. The summed E-state index contributed by atoms with van der Waals surface area (Å²) in [6, 6.07) is 6.62. The van der Waals surface area contributed by atoms with Crippen molar-refractivity contribution in [3.05, 3.63) is 35.6 Å². The molecule has 0 radical (unpaired) electrons. The van der Waals surface area contributed by atoms with Gasteiger partial charge in [0.15, 0.2) is 0 Å². The Morgan fingerprint density at radius 2 is 1.88 bits per heavy atom. The highest BCUT2D eigenvalue weighted by atomic mass is 19.1. The van der Waals surface area contributed by atoms with Crippen LogP contribution in [0.5, 0.6) is 0 Å². The first kappa shape index (κ1) is 13.1. The first-order valence-electron chi connectivity index (χ1n) is 5.67. The molecule has 1 aromatic rings. The number of aliphatic hydroxyl groups is 1. The van der Waals surface area contributed by atoms with E-state index in [2.05, 4.69) is 5.32 Å². The van der Waals surface area contributed by atoms with Crippen LogP contribution in [0.2, 0.25) is 0 Å². The maximum atomic E-state index is 13.5. The summed E-state index contributed by atoms with van der Waals surface area (Å²) < 4.78 is 13.5. The fourth-order valence-electron chi connectivity index (χ4n) is 1.69. The van der Waals surface area contributed by atoms with Crippen LogP contribution >= 0.6 is 0 Å². The van der Waals surface area contributed by atoms with Crippen molar-refractivity contribution in [1.29, 1.82) is 0 Å². The Hall–Kier alpha value is -0.930. The van der Waals surface area contributed by atoms with Crippen LogP contribution in [0.4, 0.5) is 4.39 Å². The van der Waals surface area contributed by atoms with Gasteiger partial charge in [0.1, 0.15) is 5.82 Å². The summed E-state index contributed by atoms with van der Waals surface area (Å²) in [5, 5.41) is 12.4. The molecule has 0 aliphatic heterocycles. The van der Waals surface area contributed by atoms with Gasteiger partial charge in [-0.2, -0.15) is 0 Å². The van der Waals surface area contributed by atoms with Crippen molar-refractivity contribution < 1.29 is 9.50 Å². The van der Waals surface area contributed by atoms with Crippen LogP contribution in [0, 0.1) is 11.7 Å². The minimum atomic E-state index is -0.206. The summed E-state index contributed by atoms with van der Waals surface area (Å²) in [5.74, 6) is 0.113. The van der Waals surface area contributed by atoms with Crippen LogP contribution in [0.1, 0.15) is 32.4 Å². The summed E-state index contributed by atoms with van der Waals surface area (Å²) in [4.78, 5) is 0. The third kappa shape index (κ3) is 3.29. The molecule has 2 atom stereocenters. The molecule has 0 saturated heterocycles. The number of nitrogens with one attached hydrogen (secondary N) is 1. The standard InChI is InChI=1S/C13H20FNO/c1-9(2)13(8-16)15-10(3)11-6-4-5-7-12(11)14/h4-7,9-10,13,15-16H,8H2,1-3H3/t10?,13-/m1/s1. The Morgan fingerprint density at radius 1 is 1.25 bits per heavy atom. The average molecular weight is 225 g/mol. The summed E-state index contributed by atoms with van der Waals surface area (Å²) in [6.45, 7) is 6.03. The number of hydrogen-bond donors (Lipinski definition) is 2. The molecular weight excluding hydrogens is 205 g/mol. The van der Waals surface area contributed by atoms with Gasteiger partial charge >= 0.3 is 0 Å². The van der Waals surface area contributed by atoms with Crippen LogP contribution in [0.15, 0.2) is 24.3 Å². The van der Waals surface area contributed by atoms with E-state index >= 15 is 0 Å². The van der Waals surface area contributed by atoms with Crippen molar-refractivity contribution in [2.75, 3.05) is 6.61 Å². The molecule has 0 spiro atoms. The fourth-order valence-corrected chi connectivity index (χ4v) is 1.69. The van der Waals surface area contributed by atoms with Crippen molar-refractivity contribution in [3.63, 3.8) is 0 Å². The molecule has 1 rings (SSSR count). The zero-order valence-corrected chi connectivity index (χ0v) is 10.1. The molecule has 0 aliphatic carbocycles. The largest absolute Gasteiger partial charge is 0.395 e. The molecule has 3 heteroatoms. The van der Waals surface area contributed by atoms with Crippen LogP contribution in [-0.4, -0.2) is 17.8 Å². The smallest absolute Gasteiger partial charge is 0.127 e. The zero-order valence-electron chi connectivity index (χ0n) is 10.1. The number of halogens is 1. The van der Waals surface area contributed by atoms with E-state index in [1.807, 2.05) is 26.8 Å². The number of benzene rings is 1. The quantitative estimate of drug-likeness (QED) is 0.807. The van der Waals surface area contributed by atoms with Crippen LogP contribution in [0.3, 0.4) is 0 Å². The Labute approximate surface area is 96.5 Å². The van der Waals surface area contributed by atoms with Gasteiger partial charge in [-0.25, -0.2) is 4.39 Å². The lowest BCUT2D eigenvalue weighted by molar-refractivity contribution is 0.200. The maximum Gasteiger partial charge on any atom is 0.127 e. The molecule has 1 aromatic carbocycles. The molecule has 16 heavy (non-hydrogen) atoms. The molecule has 0 amide bonds. The molecule has 2 nitrogen and oxygen atoms in total. The molecule has 0 heterocycles. The maximum absolute atomic E-state index is 13.5. The molecule has 2 N–H and O–H groups in total. The highest BCUT2D eigenvalue weighted by molar-refractivity contribution is 5.20. The van der Waals surface area contributed by atoms with Gasteiger partial charge in [-0.3, -0.25) is 0 Å². The second-order valence-electron chi connectivity index (χ2n) is 4.44. The van der Waals surface area contributed by atoms with Gasteiger partial charge in [0.2, 0.25) is 0 Å². The fraction of sp³-hybridized carbons (Fsp3) is 0.538. The van der Waals surface area contributed by atoms with E-state index in [4.69, 9.17) is 0 Å². The van der Waals surface area contributed by atoms with Gasteiger partial charge in [0.05, 0.1) is 6.61 Å². The van der Waals surface area contributed by atoms with E-state index in [1.54, 1.807) is 12.1 Å². The first-order valence-corrected chi connectivity index (χ1v) is 5.67. The van der Waals surface area contributed by atoms with Crippen molar-refractivity contribution in [1.82, 2.24) is 5.32 Å². The van der Waals surface area contributed by atoms with E-state index in [1.165, 1.54) is 6.07 Å². The lowest BCUT2D eigenvalue weighted by Crippen LogP contribution is -2.38. The highest BCUT2D eigenvalue weighted by Crippen LogP contribution is 2.17. The second kappa shape index (κ2) is 5.97. The highest BCUT2D eigenvalue weighted by Gasteiger charge is 2.17. The van der Waals surface area contributed by atoms with E-state index in [0.717, 1.165) is 0 Å². The average Bonchev–Trinajstić information content (AvgIpc) is 2.25. The normalized spacial score (nSPS) is 15.1. The van der Waals surface area contributed by atoms with Gasteiger partial charge in [-0.15, -0.1) is 0 Å². The predicted octanol–water partition coefficient (Wildman–Crippen LogP) is 2.49. The van der Waals surface area contributed by atoms with Crippen molar-refractivity contribution >= 4 is 0 Å². The van der Waals surface area contributed by atoms with Crippen LogP contribution in [-0.2, 0) is 0 Å². The minimum Gasteiger partial charge on any atom is -0.395 e. The number of aliphatic hydroxyl groups excluding tert-OH is 1. The predicted molar refractivity (Wildman–Crippen MR) is 63.7 cm³/mol. The Balaban J connectivity index is 2.72. The monoisotopic (exact) mass is 225 g/mol. The van der Waals surface area contributed by atoms with Crippen molar-refractivity contribution in [2.24, 2.45) is 5.92 Å². The van der Waals surface area contributed by atoms with Gasteiger partial charge in [-0.05, 0) is 18.9 Å². The molecule has 0 bridgehead atoms. The lowest BCUT2D eigenvalue weighted by atomic mass is 10.0. The topological polar surface area (TPSA) is 32.3 Å². The Kier molecular flexibility index (Phi) is 4.90. The Morgan fingerprint density at radius 3 is 2.38 bits per heavy atom. The van der Waals surface area contributed by atoms with Gasteiger partial charge < -0.3 is 10.4 Å². The van der Waals surface area contributed by atoms with Crippen molar-refractivity contribution in [3.8, 4) is 0 Å². The van der Waals surface area contributed by atoms with Gasteiger partial charge in [0, 0.05) is 17.6 Å². The SMILES string of the molecule is CC(N[C@H](CO)C(C)C)c1ccccc1F. The molecule has 0 saturated carbocycles. The van der Waals surface area contributed by atoms with E-state index in [-0.39, 0.29) is 24.5 Å². The van der Waals surface area contributed by atoms with E-state index in [9.17, 15) is 9.50 Å². The minimum absolute atomic E-state index is 0.00499. The molecule has 1 unspecified atom stereocenters.